The van der Waals surface area contributed by atoms with E-state index in [0.29, 0.717) is 17.8 Å². The van der Waals surface area contributed by atoms with E-state index in [1.807, 2.05) is 6.07 Å². The molecule has 0 amide bonds. The lowest BCUT2D eigenvalue weighted by Gasteiger charge is -2.35. The molecule has 3 aromatic rings. The molecule has 184 valence electrons. The van der Waals surface area contributed by atoms with Gasteiger partial charge in [-0.2, -0.15) is 13.2 Å². The Morgan fingerprint density at radius 1 is 1.00 bits per heavy atom. The van der Waals surface area contributed by atoms with Crippen LogP contribution in [0, 0.1) is 0 Å². The Morgan fingerprint density at radius 2 is 1.74 bits per heavy atom. The molecule has 1 N–H and O–H groups in total. The molecule has 35 heavy (non-hydrogen) atoms. The highest BCUT2D eigenvalue weighted by Crippen LogP contribution is 2.39. The number of aliphatic carboxylic acids is 1. The minimum Gasteiger partial charge on any atom is -0.487 e. The molecule has 1 aliphatic rings. The van der Waals surface area contributed by atoms with Gasteiger partial charge in [0.2, 0.25) is 0 Å². The maximum Gasteiger partial charge on any atom is 0.417 e. The van der Waals surface area contributed by atoms with Crippen LogP contribution in [0.5, 0.6) is 5.75 Å². The number of rotatable bonds is 8. The van der Waals surface area contributed by atoms with Gasteiger partial charge < -0.3 is 14.7 Å². The van der Waals surface area contributed by atoms with E-state index in [1.54, 1.807) is 42.6 Å². The van der Waals surface area contributed by atoms with Crippen LogP contribution in [0.2, 0.25) is 0 Å². The molecule has 0 saturated carbocycles. The number of aromatic nitrogens is 1. The fraction of sp³-hybridized carbons (Fsp3) is 0.308. The fourth-order valence-electron chi connectivity index (χ4n) is 4.05. The van der Waals surface area contributed by atoms with Crippen molar-refractivity contribution in [1.29, 1.82) is 0 Å². The predicted octanol–water partition coefficient (Wildman–Crippen LogP) is 4.94. The largest absolute Gasteiger partial charge is 0.487 e. The number of carboxylic acids is 1. The Hall–Kier alpha value is -3.59. The molecular weight excluding hydrogens is 459 g/mol. The molecule has 1 aromatic heterocycles. The topological polar surface area (TPSA) is 65.9 Å². The number of piperazine rings is 1. The quantitative estimate of drug-likeness (QED) is 0.488. The molecule has 0 spiro atoms. The van der Waals surface area contributed by atoms with Crippen LogP contribution >= 0.6 is 0 Å². The van der Waals surface area contributed by atoms with Gasteiger partial charge in [0.15, 0.2) is 0 Å². The Kier molecular flexibility index (Phi) is 7.55. The zero-order valence-corrected chi connectivity index (χ0v) is 19.0. The van der Waals surface area contributed by atoms with E-state index >= 15 is 0 Å². The van der Waals surface area contributed by atoms with Crippen molar-refractivity contribution in [3.63, 3.8) is 0 Å². The summed E-state index contributed by atoms with van der Waals surface area (Å²) in [5.74, 6) is -0.670. The van der Waals surface area contributed by atoms with Crippen LogP contribution < -0.4 is 9.64 Å². The molecule has 2 aromatic carbocycles. The van der Waals surface area contributed by atoms with Gasteiger partial charge in [0.1, 0.15) is 12.4 Å². The number of pyridine rings is 1. The normalized spacial score (nSPS) is 14.7. The van der Waals surface area contributed by atoms with Gasteiger partial charge in [-0.15, -0.1) is 0 Å². The maximum absolute atomic E-state index is 13.7. The third-order valence-corrected chi connectivity index (χ3v) is 5.96. The zero-order chi connectivity index (χ0) is 24.8. The van der Waals surface area contributed by atoms with E-state index in [1.165, 1.54) is 12.1 Å². The Labute approximate surface area is 201 Å². The highest BCUT2D eigenvalue weighted by molar-refractivity contribution is 5.69. The maximum atomic E-state index is 13.7. The second-order valence-electron chi connectivity index (χ2n) is 8.34. The first-order chi connectivity index (χ1) is 16.8. The van der Waals surface area contributed by atoms with Crippen molar-refractivity contribution in [3.05, 3.63) is 78.1 Å². The summed E-state index contributed by atoms with van der Waals surface area (Å²) in [6, 6.07) is 16.2. The summed E-state index contributed by atoms with van der Waals surface area (Å²) in [7, 11) is 0. The van der Waals surface area contributed by atoms with Crippen LogP contribution in [0.1, 0.15) is 17.7 Å². The van der Waals surface area contributed by atoms with E-state index in [4.69, 9.17) is 9.84 Å². The monoisotopic (exact) mass is 485 g/mol. The van der Waals surface area contributed by atoms with E-state index < -0.39 is 17.7 Å². The second-order valence-corrected chi connectivity index (χ2v) is 8.34. The number of carboxylic acid groups (broad SMARTS) is 1. The van der Waals surface area contributed by atoms with E-state index in [2.05, 4.69) is 14.8 Å². The number of nitrogens with zero attached hydrogens (tertiary/aromatic N) is 3. The fourth-order valence-corrected chi connectivity index (χ4v) is 4.05. The van der Waals surface area contributed by atoms with E-state index in [9.17, 15) is 18.0 Å². The minimum absolute atomic E-state index is 0.0469. The average Bonchev–Trinajstić information content (AvgIpc) is 2.87. The predicted molar refractivity (Wildman–Crippen MR) is 126 cm³/mol. The first kappa shape index (κ1) is 24.5. The zero-order valence-electron chi connectivity index (χ0n) is 19.0. The molecule has 0 atom stereocenters. The van der Waals surface area contributed by atoms with Gasteiger partial charge in [-0.1, -0.05) is 36.4 Å². The van der Waals surface area contributed by atoms with Gasteiger partial charge in [-0.25, -0.2) is 0 Å². The SMILES string of the molecule is O=C(O)CCN1CCN(c2ccc(COc3ccc(-c4ccccc4)c(C(F)(F)F)c3)nc2)CC1. The molecule has 1 aliphatic heterocycles. The molecule has 0 radical (unpaired) electrons. The lowest BCUT2D eigenvalue weighted by molar-refractivity contribution is -0.138. The highest BCUT2D eigenvalue weighted by Gasteiger charge is 2.34. The van der Waals surface area contributed by atoms with Crippen LogP contribution in [0.25, 0.3) is 11.1 Å². The van der Waals surface area contributed by atoms with Gasteiger partial charge in [0.25, 0.3) is 0 Å². The van der Waals surface area contributed by atoms with Crippen molar-refractivity contribution in [3.8, 4) is 16.9 Å². The van der Waals surface area contributed by atoms with E-state index in [-0.39, 0.29) is 24.3 Å². The van der Waals surface area contributed by atoms with Crippen molar-refractivity contribution in [2.24, 2.45) is 0 Å². The van der Waals surface area contributed by atoms with Crippen molar-refractivity contribution in [1.82, 2.24) is 9.88 Å². The summed E-state index contributed by atoms with van der Waals surface area (Å²) in [6.07, 6.45) is -2.65. The highest BCUT2D eigenvalue weighted by atomic mass is 19.4. The molecule has 9 heteroatoms. The minimum atomic E-state index is -4.51. The number of alkyl halides is 3. The van der Waals surface area contributed by atoms with Crippen LogP contribution in [-0.2, 0) is 17.6 Å². The molecule has 4 rings (SSSR count). The summed E-state index contributed by atoms with van der Waals surface area (Å²) < 4.78 is 46.7. The average molecular weight is 486 g/mol. The molecule has 1 fully saturated rings. The second kappa shape index (κ2) is 10.8. The Bertz CT molecular complexity index is 1130. The molecule has 2 heterocycles. The third-order valence-electron chi connectivity index (χ3n) is 5.96. The molecule has 0 bridgehead atoms. The number of anilines is 1. The summed E-state index contributed by atoms with van der Waals surface area (Å²) in [5.41, 5.74) is 1.40. The third kappa shape index (κ3) is 6.51. The number of benzene rings is 2. The molecule has 1 saturated heterocycles. The number of carbonyl (C=O) groups is 1. The van der Waals surface area contributed by atoms with Crippen LogP contribution in [-0.4, -0.2) is 53.7 Å². The standard InChI is InChI=1S/C26H26F3N3O3/c27-26(28,29)24-16-22(8-9-23(24)19-4-2-1-3-5-19)35-18-20-6-7-21(17-30-20)32-14-12-31(13-15-32)11-10-25(33)34/h1-9,16-17H,10-15,18H2,(H,33,34). The van der Waals surface area contributed by atoms with Gasteiger partial charge in [0.05, 0.1) is 29.6 Å². The first-order valence-corrected chi connectivity index (χ1v) is 11.3. The van der Waals surface area contributed by atoms with Crippen LogP contribution in [0.15, 0.2) is 66.9 Å². The van der Waals surface area contributed by atoms with Gasteiger partial charge in [-0.3, -0.25) is 14.7 Å². The summed E-state index contributed by atoms with van der Waals surface area (Å²) in [4.78, 5) is 19.4. The molecular formula is C26H26F3N3O3. The number of hydrogen-bond donors (Lipinski definition) is 1. The number of ether oxygens (including phenoxy) is 1. The smallest absolute Gasteiger partial charge is 0.417 e. The first-order valence-electron chi connectivity index (χ1n) is 11.3. The van der Waals surface area contributed by atoms with Crippen molar-refractivity contribution in [2.75, 3.05) is 37.6 Å². The molecule has 6 nitrogen and oxygen atoms in total. The van der Waals surface area contributed by atoms with Crippen molar-refractivity contribution >= 4 is 11.7 Å². The lowest BCUT2D eigenvalue weighted by Crippen LogP contribution is -2.47. The van der Waals surface area contributed by atoms with Gasteiger partial charge in [0, 0.05) is 32.7 Å². The van der Waals surface area contributed by atoms with Crippen molar-refractivity contribution in [2.45, 2.75) is 19.2 Å². The van der Waals surface area contributed by atoms with E-state index in [0.717, 1.165) is 37.9 Å². The Morgan fingerprint density at radius 3 is 2.37 bits per heavy atom. The summed E-state index contributed by atoms with van der Waals surface area (Å²) in [6.45, 7) is 3.68. The molecule has 0 unspecified atom stereocenters. The van der Waals surface area contributed by atoms with Crippen LogP contribution in [0.3, 0.4) is 0 Å². The summed E-state index contributed by atoms with van der Waals surface area (Å²) in [5, 5.41) is 8.82. The lowest BCUT2D eigenvalue weighted by atomic mass is 9.99. The summed E-state index contributed by atoms with van der Waals surface area (Å²) >= 11 is 0. The molecule has 0 aliphatic carbocycles. The van der Waals surface area contributed by atoms with Crippen molar-refractivity contribution < 1.29 is 27.8 Å². The number of halogens is 3. The van der Waals surface area contributed by atoms with Gasteiger partial charge >= 0.3 is 12.1 Å². The van der Waals surface area contributed by atoms with Crippen LogP contribution in [0.4, 0.5) is 18.9 Å². The Balaban J connectivity index is 1.37. The van der Waals surface area contributed by atoms with Gasteiger partial charge in [-0.05, 0) is 35.4 Å². The number of hydrogen-bond acceptors (Lipinski definition) is 5.